The predicted molar refractivity (Wildman–Crippen MR) is 119 cm³/mol. The molecule has 0 fully saturated rings. The lowest BCUT2D eigenvalue weighted by Crippen LogP contribution is -2.29. The van der Waals surface area contributed by atoms with E-state index >= 15 is 0 Å². The molecular formula is C25H24N2O4. The van der Waals surface area contributed by atoms with Crippen LogP contribution < -0.4 is 4.74 Å². The molecule has 0 aromatic heterocycles. The van der Waals surface area contributed by atoms with Gasteiger partial charge in [-0.25, -0.2) is 5.01 Å². The number of hydrogen-bond donors (Lipinski definition) is 0. The number of rotatable bonds is 6. The number of methoxy groups -OCH3 is 1. The van der Waals surface area contributed by atoms with Crippen molar-refractivity contribution in [3.8, 4) is 5.75 Å². The molecule has 0 radical (unpaired) electrons. The van der Waals surface area contributed by atoms with Crippen LogP contribution in [0.4, 0.5) is 0 Å². The Morgan fingerprint density at radius 2 is 1.77 bits per heavy atom. The minimum absolute atomic E-state index is 0.320. The molecule has 0 saturated carbocycles. The molecule has 1 aliphatic heterocycles. The number of carbonyl (C=O) groups excluding carboxylic acids is 2. The number of ether oxygens (including phenoxy) is 2. The zero-order valence-corrected chi connectivity index (χ0v) is 17.6. The van der Waals surface area contributed by atoms with Crippen molar-refractivity contribution in [2.24, 2.45) is 5.10 Å². The van der Waals surface area contributed by atoms with E-state index in [9.17, 15) is 9.59 Å². The highest BCUT2D eigenvalue weighted by molar-refractivity contribution is 6.02. The molecule has 4 rings (SSSR count). The van der Waals surface area contributed by atoms with Gasteiger partial charge in [-0.1, -0.05) is 54.6 Å². The van der Waals surface area contributed by atoms with E-state index < -0.39 is 11.9 Å². The third kappa shape index (κ3) is 4.58. The number of fused-ring (bicyclic) bond motifs is 1. The summed E-state index contributed by atoms with van der Waals surface area (Å²) >= 11 is 0. The Balaban J connectivity index is 1.36. The van der Waals surface area contributed by atoms with E-state index in [0.717, 1.165) is 33.4 Å². The largest absolute Gasteiger partial charge is 0.497 e. The Hall–Kier alpha value is -3.67. The summed E-state index contributed by atoms with van der Waals surface area (Å²) in [5, 5.41) is 7.80. The smallest absolute Gasteiger partial charge is 0.313 e. The van der Waals surface area contributed by atoms with Gasteiger partial charge in [0, 0.05) is 6.42 Å². The maximum absolute atomic E-state index is 12.5. The van der Waals surface area contributed by atoms with Gasteiger partial charge >= 0.3 is 5.97 Å². The van der Waals surface area contributed by atoms with E-state index in [0.29, 0.717) is 13.0 Å². The van der Waals surface area contributed by atoms with Crippen molar-refractivity contribution < 1.29 is 19.1 Å². The zero-order valence-electron chi connectivity index (χ0n) is 17.6. The summed E-state index contributed by atoms with van der Waals surface area (Å²) in [6.07, 6.45) is 0.683. The van der Waals surface area contributed by atoms with Gasteiger partial charge < -0.3 is 9.47 Å². The summed E-state index contributed by atoms with van der Waals surface area (Å²) in [4.78, 5) is 25.0. The van der Waals surface area contributed by atoms with E-state index in [1.807, 2.05) is 66.7 Å². The first-order valence-electron chi connectivity index (χ1n) is 10.2. The summed E-state index contributed by atoms with van der Waals surface area (Å²) in [5.74, 6) is -0.461. The van der Waals surface area contributed by atoms with Crippen molar-refractivity contribution >= 4 is 28.4 Å². The molecule has 158 valence electrons. The van der Waals surface area contributed by atoms with Crippen LogP contribution in [0.25, 0.3) is 10.8 Å². The van der Waals surface area contributed by atoms with Gasteiger partial charge in [0.25, 0.3) is 5.91 Å². The molecule has 3 aromatic rings. The van der Waals surface area contributed by atoms with Crippen LogP contribution in [0.2, 0.25) is 0 Å². The summed E-state index contributed by atoms with van der Waals surface area (Å²) < 4.78 is 10.5. The predicted octanol–water partition coefficient (Wildman–Crippen LogP) is 4.13. The molecule has 6 nitrogen and oxygen atoms in total. The minimum Gasteiger partial charge on any atom is -0.497 e. The summed E-state index contributed by atoms with van der Waals surface area (Å²) in [6, 6.07) is 21.3. The molecule has 6 heteroatoms. The normalized spacial score (nSPS) is 14.3. The fourth-order valence-electron chi connectivity index (χ4n) is 3.58. The van der Waals surface area contributed by atoms with Gasteiger partial charge in [0.05, 0.1) is 25.3 Å². The van der Waals surface area contributed by atoms with Gasteiger partial charge in [0.1, 0.15) is 5.75 Å². The molecular weight excluding hydrogens is 392 g/mol. The van der Waals surface area contributed by atoms with Crippen LogP contribution in [0.15, 0.2) is 71.8 Å². The quantitative estimate of drug-likeness (QED) is 0.567. The van der Waals surface area contributed by atoms with E-state index in [4.69, 9.17) is 9.47 Å². The molecule has 0 bridgehead atoms. The number of hydrogen-bond acceptors (Lipinski definition) is 5. The molecule has 3 aromatic carbocycles. The maximum atomic E-state index is 12.5. The van der Waals surface area contributed by atoms with E-state index in [2.05, 4.69) is 5.10 Å². The highest BCUT2D eigenvalue weighted by Gasteiger charge is 2.24. The maximum Gasteiger partial charge on any atom is 0.313 e. The van der Waals surface area contributed by atoms with Crippen LogP contribution in [-0.2, 0) is 14.3 Å². The first kappa shape index (κ1) is 20.6. The van der Waals surface area contributed by atoms with Gasteiger partial charge in [-0.3, -0.25) is 9.59 Å². The van der Waals surface area contributed by atoms with Crippen molar-refractivity contribution in [3.63, 3.8) is 0 Å². The molecule has 1 heterocycles. The van der Waals surface area contributed by atoms with Crippen LogP contribution in [0.3, 0.4) is 0 Å². The molecule has 31 heavy (non-hydrogen) atoms. The van der Waals surface area contributed by atoms with Crippen LogP contribution in [-0.4, -0.2) is 42.9 Å². The van der Waals surface area contributed by atoms with E-state index in [-0.39, 0.29) is 12.5 Å². The van der Waals surface area contributed by atoms with Gasteiger partial charge in [-0.2, -0.15) is 5.10 Å². The molecule has 1 atom stereocenters. The van der Waals surface area contributed by atoms with Crippen LogP contribution in [0.1, 0.15) is 30.4 Å². The molecule has 0 spiro atoms. The second-order valence-electron chi connectivity index (χ2n) is 7.48. The Morgan fingerprint density at radius 1 is 1.03 bits per heavy atom. The number of esters is 1. The number of nitrogens with zero attached hydrogens (tertiary/aromatic N) is 2. The third-order valence-electron chi connectivity index (χ3n) is 5.46. The zero-order chi connectivity index (χ0) is 21.8. The van der Waals surface area contributed by atoms with Crippen LogP contribution in [0.5, 0.6) is 5.75 Å². The van der Waals surface area contributed by atoms with E-state index in [1.165, 1.54) is 5.01 Å². The number of benzene rings is 3. The van der Waals surface area contributed by atoms with Gasteiger partial charge in [-0.15, -0.1) is 0 Å². The number of amides is 1. The standard InChI is InChI=1S/C25H24N2O4/c1-17(19-8-9-21-15-22(30-2)11-10-20(21)14-19)25(29)31-16-24(28)27-13-12-23(26-27)18-6-4-3-5-7-18/h3-11,14-15,17H,12-13,16H2,1-2H3/t17-/m0/s1. The highest BCUT2D eigenvalue weighted by Crippen LogP contribution is 2.26. The summed E-state index contributed by atoms with van der Waals surface area (Å²) in [6.45, 7) is 1.95. The second kappa shape index (κ2) is 9.00. The highest BCUT2D eigenvalue weighted by atomic mass is 16.5. The Bertz CT molecular complexity index is 1140. The third-order valence-corrected chi connectivity index (χ3v) is 5.46. The molecule has 0 saturated heterocycles. The lowest BCUT2D eigenvalue weighted by atomic mass is 9.98. The van der Waals surface area contributed by atoms with Crippen LogP contribution >= 0.6 is 0 Å². The molecule has 0 unspecified atom stereocenters. The number of hydrazone groups is 1. The summed E-state index contributed by atoms with van der Waals surface area (Å²) in [5.41, 5.74) is 2.69. The molecule has 1 aliphatic rings. The topological polar surface area (TPSA) is 68.2 Å². The molecule has 1 amide bonds. The van der Waals surface area contributed by atoms with E-state index in [1.54, 1.807) is 14.0 Å². The SMILES string of the molecule is COc1ccc2cc([C@H](C)C(=O)OCC(=O)N3CCC(c4ccccc4)=N3)ccc2c1. The molecule has 0 N–H and O–H groups in total. The first-order chi connectivity index (χ1) is 15.0. The molecule has 0 aliphatic carbocycles. The fourth-order valence-corrected chi connectivity index (χ4v) is 3.58. The second-order valence-corrected chi connectivity index (χ2v) is 7.48. The Kier molecular flexibility index (Phi) is 5.98. The lowest BCUT2D eigenvalue weighted by molar-refractivity contribution is -0.152. The lowest BCUT2D eigenvalue weighted by Gasteiger charge is -2.15. The van der Waals surface area contributed by atoms with Crippen molar-refractivity contribution in [1.82, 2.24) is 5.01 Å². The monoisotopic (exact) mass is 416 g/mol. The first-order valence-corrected chi connectivity index (χ1v) is 10.2. The Labute approximate surface area is 181 Å². The average molecular weight is 416 g/mol. The summed E-state index contributed by atoms with van der Waals surface area (Å²) in [7, 11) is 1.63. The average Bonchev–Trinajstić information content (AvgIpc) is 3.32. The van der Waals surface area contributed by atoms with Crippen molar-refractivity contribution in [3.05, 3.63) is 77.9 Å². The van der Waals surface area contributed by atoms with Gasteiger partial charge in [0.15, 0.2) is 6.61 Å². The van der Waals surface area contributed by atoms with Gasteiger partial charge in [0.2, 0.25) is 0 Å². The van der Waals surface area contributed by atoms with Crippen molar-refractivity contribution in [1.29, 1.82) is 0 Å². The van der Waals surface area contributed by atoms with Crippen molar-refractivity contribution in [2.75, 3.05) is 20.3 Å². The number of carbonyl (C=O) groups is 2. The van der Waals surface area contributed by atoms with Crippen LogP contribution in [0, 0.1) is 0 Å². The van der Waals surface area contributed by atoms with Crippen molar-refractivity contribution in [2.45, 2.75) is 19.3 Å². The Morgan fingerprint density at radius 3 is 2.55 bits per heavy atom. The minimum atomic E-state index is -0.485. The fraction of sp³-hybridized carbons (Fsp3) is 0.240. The van der Waals surface area contributed by atoms with Gasteiger partial charge in [-0.05, 0) is 41.0 Å².